The van der Waals surface area contributed by atoms with E-state index >= 15 is 0 Å². The molecule has 1 fully saturated rings. The first-order chi connectivity index (χ1) is 13.3. The van der Waals surface area contributed by atoms with Crippen molar-refractivity contribution in [2.75, 3.05) is 19.7 Å². The van der Waals surface area contributed by atoms with Crippen molar-refractivity contribution in [3.63, 3.8) is 0 Å². The van der Waals surface area contributed by atoms with Crippen molar-refractivity contribution >= 4 is 23.4 Å². The maximum absolute atomic E-state index is 6.10. The van der Waals surface area contributed by atoms with Crippen LogP contribution in [-0.4, -0.2) is 30.8 Å². The molecule has 0 spiro atoms. The summed E-state index contributed by atoms with van der Waals surface area (Å²) in [5, 5.41) is 5.36. The summed E-state index contributed by atoms with van der Waals surface area (Å²) < 4.78 is 6.10. The van der Waals surface area contributed by atoms with E-state index < -0.39 is 0 Å². The van der Waals surface area contributed by atoms with Crippen molar-refractivity contribution in [2.45, 2.75) is 16.4 Å². The van der Waals surface area contributed by atoms with Gasteiger partial charge in [0.05, 0.1) is 18.0 Å². The van der Waals surface area contributed by atoms with Crippen molar-refractivity contribution in [3.05, 3.63) is 83.5 Å². The molecular weight excluding hydrogens is 376 g/mol. The first-order valence-corrected chi connectivity index (χ1v) is 10.3. The van der Waals surface area contributed by atoms with Gasteiger partial charge in [0.15, 0.2) is 0 Å². The van der Waals surface area contributed by atoms with E-state index in [0.717, 1.165) is 40.9 Å². The molecule has 1 aliphatic rings. The molecule has 2 aromatic carbocycles. The van der Waals surface area contributed by atoms with Crippen LogP contribution >= 0.6 is 23.4 Å². The number of nitrogens with zero attached hydrogens (tertiary/aromatic N) is 1. The zero-order valence-electron chi connectivity index (χ0n) is 14.8. The van der Waals surface area contributed by atoms with E-state index in [4.69, 9.17) is 21.3 Å². The second kappa shape index (κ2) is 8.89. The van der Waals surface area contributed by atoms with Gasteiger partial charge in [0, 0.05) is 29.9 Å². The van der Waals surface area contributed by atoms with Crippen LogP contribution in [0.15, 0.2) is 78.0 Å². The SMILES string of the molecule is Clc1ccc(-c2cccnc2S[C@@H](c2ccccc2)C2CNCCO2)cc1. The summed E-state index contributed by atoms with van der Waals surface area (Å²) in [7, 11) is 0. The fraction of sp³-hybridized carbons (Fsp3) is 0.227. The summed E-state index contributed by atoms with van der Waals surface area (Å²) >= 11 is 7.83. The molecule has 138 valence electrons. The van der Waals surface area contributed by atoms with Crippen LogP contribution in [0.4, 0.5) is 0 Å². The standard InChI is InChI=1S/C22H21ClN2OS/c23-18-10-8-16(9-11-18)19-7-4-12-25-22(19)27-21(17-5-2-1-3-6-17)20-15-24-13-14-26-20/h1-12,20-21,24H,13-15H2/t20?,21-/m0/s1. The Balaban J connectivity index is 1.68. The minimum Gasteiger partial charge on any atom is -0.374 e. The molecule has 1 aromatic heterocycles. The third-order valence-corrected chi connectivity index (χ3v) is 6.22. The molecule has 0 amide bonds. The van der Waals surface area contributed by atoms with Crippen LogP contribution in [0.5, 0.6) is 0 Å². The second-order valence-corrected chi connectivity index (χ2v) is 7.99. The molecule has 1 N–H and O–H groups in total. The average molecular weight is 397 g/mol. The maximum atomic E-state index is 6.10. The highest BCUT2D eigenvalue weighted by Crippen LogP contribution is 2.42. The number of morpholine rings is 1. The maximum Gasteiger partial charge on any atom is 0.104 e. The molecule has 0 saturated carbocycles. The van der Waals surface area contributed by atoms with Crippen LogP contribution in [0, 0.1) is 0 Å². The first-order valence-electron chi connectivity index (χ1n) is 9.06. The van der Waals surface area contributed by atoms with Gasteiger partial charge in [-0.2, -0.15) is 0 Å². The van der Waals surface area contributed by atoms with Gasteiger partial charge in [0.25, 0.3) is 0 Å². The number of benzene rings is 2. The summed E-state index contributed by atoms with van der Waals surface area (Å²) in [5.41, 5.74) is 3.48. The number of rotatable bonds is 5. The Bertz CT molecular complexity index is 867. The van der Waals surface area contributed by atoms with Crippen molar-refractivity contribution in [1.82, 2.24) is 10.3 Å². The minimum atomic E-state index is 0.103. The third kappa shape index (κ3) is 4.53. The molecule has 2 heterocycles. The normalized spacial score (nSPS) is 18.2. The van der Waals surface area contributed by atoms with Gasteiger partial charge in [-0.25, -0.2) is 4.98 Å². The first kappa shape index (κ1) is 18.5. The number of halogens is 1. The summed E-state index contributed by atoms with van der Waals surface area (Å²) in [6.07, 6.45) is 1.95. The fourth-order valence-electron chi connectivity index (χ4n) is 3.24. The topological polar surface area (TPSA) is 34.2 Å². The van der Waals surface area contributed by atoms with Gasteiger partial charge in [-0.15, -0.1) is 0 Å². The number of hydrogen-bond donors (Lipinski definition) is 1. The fourth-order valence-corrected chi connectivity index (χ4v) is 4.66. The zero-order chi connectivity index (χ0) is 18.5. The monoisotopic (exact) mass is 396 g/mol. The number of pyridine rings is 1. The van der Waals surface area contributed by atoms with Gasteiger partial charge in [0.2, 0.25) is 0 Å². The van der Waals surface area contributed by atoms with Gasteiger partial charge in [0.1, 0.15) is 5.03 Å². The molecule has 3 aromatic rings. The van der Waals surface area contributed by atoms with Crippen molar-refractivity contribution in [2.24, 2.45) is 0 Å². The lowest BCUT2D eigenvalue weighted by molar-refractivity contribution is 0.0273. The molecular formula is C22H21ClN2OS. The number of thioether (sulfide) groups is 1. The lowest BCUT2D eigenvalue weighted by Gasteiger charge is -2.31. The highest BCUT2D eigenvalue weighted by atomic mass is 35.5. The van der Waals surface area contributed by atoms with Crippen molar-refractivity contribution in [1.29, 1.82) is 0 Å². The van der Waals surface area contributed by atoms with Gasteiger partial charge >= 0.3 is 0 Å². The molecule has 1 aliphatic heterocycles. The summed E-state index contributed by atoms with van der Waals surface area (Å²) in [6.45, 7) is 2.48. The molecule has 0 aliphatic carbocycles. The Kier molecular flexibility index (Phi) is 6.10. The van der Waals surface area contributed by atoms with Crippen LogP contribution < -0.4 is 5.32 Å². The zero-order valence-corrected chi connectivity index (χ0v) is 16.4. The largest absolute Gasteiger partial charge is 0.374 e. The number of nitrogens with one attached hydrogen (secondary N) is 1. The van der Waals surface area contributed by atoms with E-state index in [1.165, 1.54) is 5.56 Å². The summed E-state index contributed by atoms with van der Waals surface area (Å²) in [6, 6.07) is 22.5. The minimum absolute atomic E-state index is 0.103. The highest BCUT2D eigenvalue weighted by molar-refractivity contribution is 7.99. The number of hydrogen-bond acceptors (Lipinski definition) is 4. The number of ether oxygens (including phenoxy) is 1. The smallest absolute Gasteiger partial charge is 0.104 e. The Labute approximate surface area is 169 Å². The van der Waals surface area contributed by atoms with Crippen LogP contribution in [0.2, 0.25) is 5.02 Å². The van der Waals surface area contributed by atoms with Gasteiger partial charge in [-0.05, 0) is 29.3 Å². The molecule has 5 heteroatoms. The molecule has 0 radical (unpaired) electrons. The Hall–Kier alpha value is -1.85. The lowest BCUT2D eigenvalue weighted by Crippen LogP contribution is -2.41. The van der Waals surface area contributed by atoms with E-state index in [1.54, 1.807) is 11.8 Å². The lowest BCUT2D eigenvalue weighted by atomic mass is 10.1. The van der Waals surface area contributed by atoms with E-state index in [0.29, 0.717) is 0 Å². The average Bonchev–Trinajstić information content (AvgIpc) is 2.74. The Morgan fingerprint density at radius 1 is 1.04 bits per heavy atom. The van der Waals surface area contributed by atoms with E-state index in [9.17, 15) is 0 Å². The van der Waals surface area contributed by atoms with Crippen LogP contribution in [0.25, 0.3) is 11.1 Å². The summed E-state index contributed by atoms with van der Waals surface area (Å²) in [4.78, 5) is 4.69. The predicted octanol–water partition coefficient (Wildman–Crippen LogP) is 5.22. The van der Waals surface area contributed by atoms with Gasteiger partial charge in [-0.3, -0.25) is 0 Å². The van der Waals surface area contributed by atoms with Gasteiger partial charge < -0.3 is 10.1 Å². The molecule has 0 bridgehead atoms. The predicted molar refractivity (Wildman–Crippen MR) is 112 cm³/mol. The molecule has 1 saturated heterocycles. The number of aromatic nitrogens is 1. The molecule has 2 atom stereocenters. The van der Waals surface area contributed by atoms with Crippen LogP contribution in [-0.2, 0) is 4.74 Å². The van der Waals surface area contributed by atoms with Crippen molar-refractivity contribution in [3.8, 4) is 11.1 Å². The summed E-state index contributed by atoms with van der Waals surface area (Å²) in [5.74, 6) is 0. The second-order valence-electron chi connectivity index (χ2n) is 6.43. The Morgan fingerprint density at radius 3 is 2.59 bits per heavy atom. The van der Waals surface area contributed by atoms with Crippen LogP contribution in [0.1, 0.15) is 10.8 Å². The third-order valence-electron chi connectivity index (χ3n) is 4.59. The van der Waals surface area contributed by atoms with E-state index in [2.05, 4.69) is 35.6 Å². The quantitative estimate of drug-likeness (QED) is 0.599. The van der Waals surface area contributed by atoms with E-state index in [1.807, 2.05) is 42.6 Å². The van der Waals surface area contributed by atoms with E-state index in [-0.39, 0.29) is 11.4 Å². The highest BCUT2D eigenvalue weighted by Gasteiger charge is 2.28. The van der Waals surface area contributed by atoms with Crippen LogP contribution in [0.3, 0.4) is 0 Å². The van der Waals surface area contributed by atoms with Gasteiger partial charge in [-0.1, -0.05) is 71.9 Å². The molecule has 1 unspecified atom stereocenters. The molecule has 3 nitrogen and oxygen atoms in total. The molecule has 27 heavy (non-hydrogen) atoms. The Morgan fingerprint density at radius 2 is 1.85 bits per heavy atom. The van der Waals surface area contributed by atoms with Crippen molar-refractivity contribution < 1.29 is 4.74 Å². The molecule has 4 rings (SSSR count).